The lowest BCUT2D eigenvalue weighted by Crippen LogP contribution is -2.29. The average molecular weight is 488 g/mol. The van der Waals surface area contributed by atoms with Crippen molar-refractivity contribution in [1.82, 2.24) is 9.80 Å². The van der Waals surface area contributed by atoms with Crippen molar-refractivity contribution < 1.29 is 23.9 Å². The summed E-state index contributed by atoms with van der Waals surface area (Å²) in [7, 11) is 0. The molecule has 0 bridgehead atoms. The molecule has 4 aromatic rings. The third kappa shape index (κ3) is 3.96. The van der Waals surface area contributed by atoms with Crippen LogP contribution in [0.3, 0.4) is 0 Å². The number of fused-ring (bicyclic) bond motifs is 2. The van der Waals surface area contributed by atoms with Crippen molar-refractivity contribution in [2.45, 2.75) is 13.1 Å². The van der Waals surface area contributed by atoms with E-state index in [2.05, 4.69) is 0 Å². The largest absolute Gasteiger partial charge is 0.457 e. The molecule has 0 saturated heterocycles. The quantitative estimate of drug-likeness (QED) is 0.354. The van der Waals surface area contributed by atoms with Crippen LogP contribution in [-0.4, -0.2) is 33.4 Å². The molecule has 0 aliphatic carbocycles. The molecule has 0 saturated carbocycles. The topological polar surface area (TPSA) is 84.0 Å². The number of hydrogen-bond donors (Lipinski definition) is 0. The van der Waals surface area contributed by atoms with Crippen molar-refractivity contribution in [3.8, 4) is 11.5 Å². The molecule has 0 N–H and O–H groups in total. The summed E-state index contributed by atoms with van der Waals surface area (Å²) in [4.78, 5) is 54.1. The van der Waals surface area contributed by atoms with Crippen LogP contribution < -0.4 is 4.74 Å². The Hall–Kier alpha value is -5.04. The Morgan fingerprint density at radius 2 is 0.838 bits per heavy atom. The Labute approximate surface area is 212 Å². The van der Waals surface area contributed by atoms with Crippen molar-refractivity contribution in [1.29, 1.82) is 0 Å². The molecule has 6 rings (SSSR count). The minimum Gasteiger partial charge on any atom is -0.457 e. The van der Waals surface area contributed by atoms with Gasteiger partial charge in [-0.25, -0.2) is 0 Å². The fourth-order valence-electron chi connectivity index (χ4n) is 4.62. The third-order valence-electron chi connectivity index (χ3n) is 6.49. The summed E-state index contributed by atoms with van der Waals surface area (Å²) >= 11 is 0. The van der Waals surface area contributed by atoms with Gasteiger partial charge in [-0.15, -0.1) is 0 Å². The number of imide groups is 2. The number of amides is 4. The molecule has 4 amide bonds. The summed E-state index contributed by atoms with van der Waals surface area (Å²) in [5, 5.41) is 0. The predicted octanol–water partition coefficient (Wildman–Crippen LogP) is 5.07. The molecule has 0 atom stereocenters. The van der Waals surface area contributed by atoms with Crippen molar-refractivity contribution >= 4 is 23.6 Å². The van der Waals surface area contributed by atoms with Crippen LogP contribution in [0.2, 0.25) is 0 Å². The van der Waals surface area contributed by atoms with Crippen LogP contribution in [0, 0.1) is 0 Å². The first-order valence-corrected chi connectivity index (χ1v) is 11.8. The summed E-state index contributed by atoms with van der Waals surface area (Å²) in [6, 6.07) is 28.0. The zero-order valence-electron chi connectivity index (χ0n) is 19.6. The molecular weight excluding hydrogens is 468 g/mol. The van der Waals surface area contributed by atoms with Crippen LogP contribution in [0.5, 0.6) is 11.5 Å². The maximum atomic E-state index is 13.0. The van der Waals surface area contributed by atoms with Crippen molar-refractivity contribution in [2.75, 3.05) is 0 Å². The van der Waals surface area contributed by atoms with Gasteiger partial charge in [0.05, 0.1) is 35.3 Å². The molecule has 37 heavy (non-hydrogen) atoms. The second kappa shape index (κ2) is 8.87. The van der Waals surface area contributed by atoms with E-state index in [9.17, 15) is 19.2 Å². The van der Waals surface area contributed by atoms with Gasteiger partial charge in [0.1, 0.15) is 11.5 Å². The average Bonchev–Trinajstić information content (AvgIpc) is 3.30. The summed E-state index contributed by atoms with van der Waals surface area (Å²) < 4.78 is 5.94. The van der Waals surface area contributed by atoms with Gasteiger partial charge in [0.15, 0.2) is 0 Å². The summed E-state index contributed by atoms with van der Waals surface area (Å²) in [6.45, 7) is 0.369. The van der Waals surface area contributed by atoms with Crippen molar-refractivity contribution in [3.05, 3.63) is 130 Å². The lowest BCUT2D eigenvalue weighted by molar-refractivity contribution is 0.0627. The fourth-order valence-corrected chi connectivity index (χ4v) is 4.62. The Balaban J connectivity index is 1.22. The molecule has 4 aromatic carbocycles. The Morgan fingerprint density at radius 3 is 1.24 bits per heavy atom. The van der Waals surface area contributed by atoms with Gasteiger partial charge < -0.3 is 4.74 Å². The van der Waals surface area contributed by atoms with Gasteiger partial charge in [0.25, 0.3) is 23.6 Å². The zero-order valence-corrected chi connectivity index (χ0v) is 19.6. The highest BCUT2D eigenvalue weighted by molar-refractivity contribution is 6.22. The van der Waals surface area contributed by atoms with Gasteiger partial charge in [0.2, 0.25) is 0 Å². The molecule has 7 heteroatoms. The Kier molecular flexibility index (Phi) is 5.38. The molecule has 2 aliphatic heterocycles. The molecule has 7 nitrogen and oxygen atoms in total. The van der Waals surface area contributed by atoms with Crippen LogP contribution in [0.25, 0.3) is 0 Å². The number of carbonyl (C=O) groups excluding carboxylic acids is 4. The summed E-state index contributed by atoms with van der Waals surface area (Å²) in [5.41, 5.74) is 2.87. The minimum atomic E-state index is -0.388. The maximum Gasteiger partial charge on any atom is 0.262 e. The lowest BCUT2D eigenvalue weighted by Gasteiger charge is -2.13. The van der Waals surface area contributed by atoms with Crippen LogP contribution in [-0.2, 0) is 13.1 Å². The normalized spacial score (nSPS) is 14.3. The number of rotatable bonds is 6. The molecular formula is C30H20N2O5. The Bertz CT molecular complexity index is 1460. The van der Waals surface area contributed by atoms with Gasteiger partial charge in [-0.05, 0) is 47.5 Å². The number of hydrogen-bond acceptors (Lipinski definition) is 5. The second-order valence-electron chi connectivity index (χ2n) is 8.88. The van der Waals surface area contributed by atoms with E-state index in [0.717, 1.165) is 11.1 Å². The van der Waals surface area contributed by atoms with E-state index in [4.69, 9.17) is 4.74 Å². The fraction of sp³-hybridized carbons (Fsp3) is 0.0667. The van der Waals surface area contributed by atoms with E-state index < -0.39 is 0 Å². The van der Waals surface area contributed by atoms with Crippen molar-refractivity contribution in [2.24, 2.45) is 0 Å². The predicted molar refractivity (Wildman–Crippen MR) is 134 cm³/mol. The van der Waals surface area contributed by atoms with E-state index in [1.807, 2.05) is 60.7 Å². The van der Waals surface area contributed by atoms with Gasteiger partial charge in [0, 0.05) is 0 Å². The van der Waals surface area contributed by atoms with E-state index in [1.54, 1.807) is 24.3 Å². The van der Waals surface area contributed by atoms with Gasteiger partial charge >= 0.3 is 0 Å². The van der Waals surface area contributed by atoms with Crippen molar-refractivity contribution in [3.63, 3.8) is 0 Å². The lowest BCUT2D eigenvalue weighted by atomic mass is 10.1. The number of benzene rings is 4. The molecule has 0 fully saturated rings. The molecule has 2 heterocycles. The van der Waals surface area contributed by atoms with E-state index in [1.165, 1.54) is 21.9 Å². The molecule has 2 aliphatic rings. The third-order valence-corrected chi connectivity index (χ3v) is 6.49. The first-order valence-electron chi connectivity index (χ1n) is 11.8. The maximum absolute atomic E-state index is 13.0. The van der Waals surface area contributed by atoms with Crippen LogP contribution in [0.15, 0.2) is 97.1 Å². The molecule has 0 unspecified atom stereocenters. The number of ether oxygens (including phenoxy) is 1. The molecule has 0 radical (unpaired) electrons. The van der Waals surface area contributed by atoms with Crippen LogP contribution in [0.1, 0.15) is 52.6 Å². The Morgan fingerprint density at radius 1 is 0.459 bits per heavy atom. The minimum absolute atomic E-state index is 0.184. The second-order valence-corrected chi connectivity index (χ2v) is 8.88. The zero-order chi connectivity index (χ0) is 25.5. The SMILES string of the molecule is O=C1c2ccc(Oc3ccc4c(c3)C(=O)N(Cc3ccccc3)C4=O)cc2C(=O)N1Cc1ccccc1. The standard InChI is InChI=1S/C30H20N2O5/c33-27-23-13-11-21(15-25(23)29(35)31(27)17-19-7-3-1-4-8-19)37-22-12-14-24-26(16-22)30(36)32(28(24)34)18-20-9-5-2-6-10-20/h1-16H,17-18H2. The number of carbonyl (C=O) groups is 4. The van der Waals surface area contributed by atoms with Gasteiger partial charge in [-0.1, -0.05) is 60.7 Å². The highest BCUT2D eigenvalue weighted by atomic mass is 16.5. The summed E-state index contributed by atoms with van der Waals surface area (Å²) in [5.74, 6) is -0.786. The van der Waals surface area contributed by atoms with Crippen LogP contribution in [0.4, 0.5) is 0 Å². The molecule has 0 spiro atoms. The highest BCUT2D eigenvalue weighted by Gasteiger charge is 2.37. The van der Waals surface area contributed by atoms with Gasteiger partial charge in [-0.2, -0.15) is 0 Å². The number of nitrogens with zero attached hydrogens (tertiary/aromatic N) is 2. The van der Waals surface area contributed by atoms with Crippen LogP contribution >= 0.6 is 0 Å². The molecule has 180 valence electrons. The summed E-state index contributed by atoms with van der Waals surface area (Å²) in [6.07, 6.45) is 0. The smallest absolute Gasteiger partial charge is 0.262 e. The first-order chi connectivity index (χ1) is 18.0. The molecule has 0 aromatic heterocycles. The van der Waals surface area contributed by atoms with E-state index in [-0.39, 0.29) is 47.8 Å². The van der Waals surface area contributed by atoms with E-state index in [0.29, 0.717) is 22.6 Å². The first kappa shape index (κ1) is 22.4. The van der Waals surface area contributed by atoms with E-state index >= 15 is 0 Å². The highest BCUT2D eigenvalue weighted by Crippen LogP contribution is 2.33. The monoisotopic (exact) mass is 488 g/mol. The van der Waals surface area contributed by atoms with Gasteiger partial charge in [-0.3, -0.25) is 29.0 Å².